The van der Waals surface area contributed by atoms with Gasteiger partial charge in [0, 0.05) is 23.1 Å². The number of halogens is 1. The van der Waals surface area contributed by atoms with Crippen molar-refractivity contribution in [1.29, 1.82) is 0 Å². The second kappa shape index (κ2) is 12.2. The Bertz CT molecular complexity index is 1140. The van der Waals surface area contributed by atoms with Crippen LogP contribution in [0.25, 0.3) is 11.4 Å². The van der Waals surface area contributed by atoms with E-state index in [0.29, 0.717) is 50.3 Å². The fourth-order valence-electron chi connectivity index (χ4n) is 4.21. The van der Waals surface area contributed by atoms with Crippen LogP contribution in [0.5, 0.6) is 11.5 Å². The molecule has 1 N–H and O–H groups in total. The average Bonchev–Trinajstić information content (AvgIpc) is 3.33. The number of amides is 1. The van der Waals surface area contributed by atoms with E-state index in [9.17, 15) is 4.79 Å². The van der Waals surface area contributed by atoms with E-state index in [0.717, 1.165) is 40.7 Å². The van der Waals surface area contributed by atoms with Gasteiger partial charge in [-0.15, -0.1) is 0 Å². The molecule has 0 radical (unpaired) electrons. The van der Waals surface area contributed by atoms with Crippen LogP contribution in [0.1, 0.15) is 38.1 Å². The summed E-state index contributed by atoms with van der Waals surface area (Å²) in [6, 6.07) is 13.6. The van der Waals surface area contributed by atoms with Gasteiger partial charge in [-0.25, -0.2) is 0 Å². The minimum atomic E-state index is -0.0784. The van der Waals surface area contributed by atoms with Crippen LogP contribution in [-0.2, 0) is 17.9 Å². The van der Waals surface area contributed by atoms with Gasteiger partial charge in [0.2, 0.25) is 17.6 Å². The molecule has 1 unspecified atom stereocenters. The third-order valence-electron chi connectivity index (χ3n) is 5.86. The molecule has 8 nitrogen and oxygen atoms in total. The van der Waals surface area contributed by atoms with Crippen molar-refractivity contribution in [3.8, 4) is 22.9 Å². The summed E-state index contributed by atoms with van der Waals surface area (Å²) in [7, 11) is 0. The molecule has 1 saturated heterocycles. The maximum absolute atomic E-state index is 12.9. The molecule has 4 rings (SSSR count). The summed E-state index contributed by atoms with van der Waals surface area (Å²) in [5.74, 6) is 2.52. The minimum Gasteiger partial charge on any atom is -0.490 e. The molecule has 1 amide bonds. The van der Waals surface area contributed by atoms with E-state index in [1.165, 1.54) is 0 Å². The Hall–Kier alpha value is -2.91. The molecule has 1 fully saturated rings. The molecule has 1 atom stereocenters. The van der Waals surface area contributed by atoms with Gasteiger partial charge in [-0.05, 0) is 63.1 Å². The average molecular weight is 543 g/mol. The number of nitrogens with zero attached hydrogens (tertiary/aromatic N) is 3. The van der Waals surface area contributed by atoms with Gasteiger partial charge in [0.1, 0.15) is 0 Å². The minimum absolute atomic E-state index is 0.0573. The molecule has 1 aliphatic heterocycles. The van der Waals surface area contributed by atoms with Gasteiger partial charge in [-0.1, -0.05) is 39.3 Å². The zero-order chi connectivity index (χ0) is 24.6. The van der Waals surface area contributed by atoms with Crippen LogP contribution in [0.15, 0.2) is 51.5 Å². The van der Waals surface area contributed by atoms with E-state index in [1.54, 1.807) is 0 Å². The lowest BCUT2D eigenvalue weighted by Gasteiger charge is -2.30. The third kappa shape index (κ3) is 6.82. The highest BCUT2D eigenvalue weighted by Gasteiger charge is 2.27. The molecule has 2 heterocycles. The van der Waals surface area contributed by atoms with Crippen molar-refractivity contribution in [2.24, 2.45) is 5.92 Å². The first-order valence-corrected chi connectivity index (χ1v) is 12.8. The summed E-state index contributed by atoms with van der Waals surface area (Å²) in [6.45, 7) is 7.54. The predicted octanol–water partition coefficient (Wildman–Crippen LogP) is 4.82. The van der Waals surface area contributed by atoms with Crippen molar-refractivity contribution in [3.63, 3.8) is 0 Å². The quantitative estimate of drug-likeness (QED) is 0.392. The summed E-state index contributed by atoms with van der Waals surface area (Å²) in [4.78, 5) is 19.7. The Morgan fingerprint density at radius 2 is 2.00 bits per heavy atom. The highest BCUT2D eigenvalue weighted by atomic mass is 79.9. The molecule has 0 bridgehead atoms. The van der Waals surface area contributed by atoms with Crippen molar-refractivity contribution >= 4 is 21.8 Å². The van der Waals surface area contributed by atoms with Gasteiger partial charge < -0.3 is 19.3 Å². The summed E-state index contributed by atoms with van der Waals surface area (Å²) in [5.41, 5.74) is 1.87. The molecule has 1 aromatic heterocycles. The number of likely N-dealkylation sites (tertiary alicyclic amines) is 1. The Kier molecular flexibility index (Phi) is 8.76. The van der Waals surface area contributed by atoms with Gasteiger partial charge in [0.15, 0.2) is 11.5 Å². The number of hydrogen-bond acceptors (Lipinski definition) is 7. The lowest BCUT2D eigenvalue weighted by molar-refractivity contribution is -0.127. The normalized spacial score (nSPS) is 16.1. The smallest absolute Gasteiger partial charge is 0.241 e. The van der Waals surface area contributed by atoms with Crippen molar-refractivity contribution in [2.45, 2.75) is 39.8 Å². The summed E-state index contributed by atoms with van der Waals surface area (Å²) < 4.78 is 17.8. The molecule has 3 aromatic rings. The van der Waals surface area contributed by atoms with Crippen molar-refractivity contribution < 1.29 is 18.8 Å². The number of aromatic nitrogens is 2. The molecule has 1 aliphatic rings. The topological polar surface area (TPSA) is 89.7 Å². The summed E-state index contributed by atoms with van der Waals surface area (Å²) >= 11 is 3.47. The van der Waals surface area contributed by atoms with Crippen molar-refractivity contribution in [2.75, 3.05) is 26.3 Å². The molecular weight excluding hydrogens is 512 g/mol. The number of ether oxygens (including phenoxy) is 2. The molecule has 0 saturated carbocycles. The van der Waals surface area contributed by atoms with Gasteiger partial charge in [0.25, 0.3) is 0 Å². The highest BCUT2D eigenvalue weighted by molar-refractivity contribution is 9.10. The second-order valence-corrected chi connectivity index (χ2v) is 9.38. The van der Waals surface area contributed by atoms with Gasteiger partial charge in [0.05, 0.1) is 25.7 Å². The van der Waals surface area contributed by atoms with Gasteiger partial charge >= 0.3 is 0 Å². The number of benzene rings is 2. The number of rotatable bonds is 10. The zero-order valence-electron chi connectivity index (χ0n) is 20.1. The first-order valence-electron chi connectivity index (χ1n) is 12.0. The van der Waals surface area contributed by atoms with E-state index in [4.69, 9.17) is 14.0 Å². The molecule has 9 heteroatoms. The van der Waals surface area contributed by atoms with E-state index in [2.05, 4.69) is 36.3 Å². The zero-order valence-corrected chi connectivity index (χ0v) is 21.7. The van der Waals surface area contributed by atoms with Crippen LogP contribution in [-0.4, -0.2) is 47.3 Å². The van der Waals surface area contributed by atoms with Crippen molar-refractivity contribution in [1.82, 2.24) is 20.4 Å². The molecule has 186 valence electrons. The van der Waals surface area contributed by atoms with Crippen LogP contribution >= 0.6 is 15.9 Å². The van der Waals surface area contributed by atoms with E-state index < -0.39 is 0 Å². The predicted molar refractivity (Wildman–Crippen MR) is 136 cm³/mol. The molecule has 0 spiro atoms. The fourth-order valence-corrected chi connectivity index (χ4v) is 4.61. The lowest BCUT2D eigenvalue weighted by Crippen LogP contribution is -2.42. The van der Waals surface area contributed by atoms with E-state index in [-0.39, 0.29) is 11.8 Å². The first kappa shape index (κ1) is 25.2. The third-order valence-corrected chi connectivity index (χ3v) is 6.35. The first-order chi connectivity index (χ1) is 17.1. The SMILES string of the molecule is CCOc1ccc(CNC(=O)C2CCCN(Cc3nc(-c4cccc(Br)c4)no3)C2)cc1OCC. The molecule has 35 heavy (non-hydrogen) atoms. The van der Waals surface area contributed by atoms with Crippen LogP contribution in [0.3, 0.4) is 0 Å². The fraction of sp³-hybridized carbons (Fsp3) is 0.423. The highest BCUT2D eigenvalue weighted by Crippen LogP contribution is 2.29. The number of carbonyl (C=O) groups excluding carboxylic acids is 1. The van der Waals surface area contributed by atoms with Crippen LogP contribution in [0.2, 0.25) is 0 Å². The van der Waals surface area contributed by atoms with Crippen LogP contribution in [0, 0.1) is 5.92 Å². The van der Waals surface area contributed by atoms with E-state index >= 15 is 0 Å². The maximum Gasteiger partial charge on any atom is 0.241 e. The standard InChI is InChI=1S/C26H31BrN4O4/c1-3-33-22-11-10-18(13-23(22)34-4-2)15-28-26(32)20-8-6-12-31(16-20)17-24-29-25(30-35-24)19-7-5-9-21(27)14-19/h5,7,9-11,13-14,20H,3-4,6,8,12,15-17H2,1-2H3,(H,28,32). The maximum atomic E-state index is 12.9. The Labute approximate surface area is 214 Å². The van der Waals surface area contributed by atoms with Crippen LogP contribution in [0.4, 0.5) is 0 Å². The Morgan fingerprint density at radius 1 is 1.17 bits per heavy atom. The number of piperidine rings is 1. The second-order valence-electron chi connectivity index (χ2n) is 8.46. The Balaban J connectivity index is 1.31. The van der Waals surface area contributed by atoms with Gasteiger partial charge in [-0.3, -0.25) is 9.69 Å². The summed E-state index contributed by atoms with van der Waals surface area (Å²) in [6.07, 6.45) is 1.81. The number of hydrogen-bond donors (Lipinski definition) is 1. The monoisotopic (exact) mass is 542 g/mol. The number of carbonyl (C=O) groups is 1. The van der Waals surface area contributed by atoms with Crippen molar-refractivity contribution in [3.05, 3.63) is 58.4 Å². The van der Waals surface area contributed by atoms with E-state index in [1.807, 2.05) is 56.3 Å². The van der Waals surface area contributed by atoms with Crippen LogP contribution < -0.4 is 14.8 Å². The largest absolute Gasteiger partial charge is 0.490 e. The Morgan fingerprint density at radius 3 is 2.80 bits per heavy atom. The van der Waals surface area contributed by atoms with Gasteiger partial charge in [-0.2, -0.15) is 4.98 Å². The lowest BCUT2D eigenvalue weighted by atomic mass is 9.97. The summed E-state index contributed by atoms with van der Waals surface area (Å²) in [5, 5.41) is 7.20. The molecule has 2 aromatic carbocycles. The molecule has 0 aliphatic carbocycles. The number of nitrogens with one attached hydrogen (secondary N) is 1. The molecular formula is C26H31BrN4O4.